The van der Waals surface area contributed by atoms with Crippen LogP contribution < -0.4 is 5.32 Å². The van der Waals surface area contributed by atoms with Crippen LogP contribution in [0.3, 0.4) is 0 Å². The summed E-state index contributed by atoms with van der Waals surface area (Å²) in [6.07, 6.45) is 8.50. The van der Waals surface area contributed by atoms with Crippen LogP contribution in [0.1, 0.15) is 91.9 Å². The molecule has 1 unspecified atom stereocenters. The van der Waals surface area contributed by atoms with E-state index < -0.39 is 11.0 Å². The Morgan fingerprint density at radius 1 is 1.17 bits per heavy atom. The highest BCUT2D eigenvalue weighted by Crippen LogP contribution is 2.44. The van der Waals surface area contributed by atoms with Gasteiger partial charge in [0.2, 0.25) is 11.8 Å². The molecule has 0 radical (unpaired) electrons. The monoisotopic (exact) mass is 408 g/mol. The topological polar surface area (TPSA) is 75.7 Å². The van der Waals surface area contributed by atoms with Crippen LogP contribution in [0.4, 0.5) is 0 Å². The number of nitrogens with one attached hydrogen (secondary N) is 1. The Morgan fingerprint density at radius 2 is 1.86 bits per heavy atom. The van der Waals surface area contributed by atoms with Crippen LogP contribution in [0.15, 0.2) is 0 Å². The molecule has 166 valence electrons. The number of nitrogens with zero attached hydrogens (tertiary/aromatic N) is 1. The Balaban J connectivity index is 1.97. The molecule has 0 aromatic heterocycles. The number of likely N-dealkylation sites (tertiary alicyclic amines) is 1. The first kappa shape index (κ1) is 23.7. The zero-order valence-corrected chi connectivity index (χ0v) is 18.8. The van der Waals surface area contributed by atoms with Crippen molar-refractivity contribution in [3.05, 3.63) is 0 Å². The lowest BCUT2D eigenvalue weighted by atomic mass is 9.75. The van der Waals surface area contributed by atoms with Crippen molar-refractivity contribution in [2.45, 2.75) is 97.5 Å². The summed E-state index contributed by atoms with van der Waals surface area (Å²) < 4.78 is 5.64. The predicted molar refractivity (Wildman–Crippen MR) is 113 cm³/mol. The Bertz CT molecular complexity index is 576. The van der Waals surface area contributed by atoms with Gasteiger partial charge < -0.3 is 15.0 Å². The van der Waals surface area contributed by atoms with E-state index in [1.165, 1.54) is 0 Å². The lowest BCUT2D eigenvalue weighted by Crippen LogP contribution is -2.46. The highest BCUT2D eigenvalue weighted by Gasteiger charge is 2.44. The Kier molecular flexibility index (Phi) is 8.53. The molecule has 0 aromatic carbocycles. The number of hydrogen-bond acceptors (Lipinski definition) is 4. The van der Waals surface area contributed by atoms with E-state index >= 15 is 0 Å². The van der Waals surface area contributed by atoms with Gasteiger partial charge in [-0.05, 0) is 59.3 Å². The van der Waals surface area contributed by atoms with E-state index in [0.29, 0.717) is 25.9 Å². The minimum atomic E-state index is -0.519. The molecular weight excluding hydrogens is 368 g/mol. The van der Waals surface area contributed by atoms with Gasteiger partial charge in [-0.2, -0.15) is 0 Å². The Labute approximate surface area is 176 Å². The summed E-state index contributed by atoms with van der Waals surface area (Å²) in [4.78, 5) is 39.7. The minimum Gasteiger partial charge on any atom is -0.460 e. The lowest BCUT2D eigenvalue weighted by Gasteiger charge is -2.33. The van der Waals surface area contributed by atoms with Crippen molar-refractivity contribution >= 4 is 17.8 Å². The number of amides is 2. The minimum absolute atomic E-state index is 0.0455. The van der Waals surface area contributed by atoms with Crippen LogP contribution in [-0.4, -0.2) is 47.9 Å². The fourth-order valence-electron chi connectivity index (χ4n) is 4.67. The van der Waals surface area contributed by atoms with Gasteiger partial charge in [0.25, 0.3) is 0 Å². The molecule has 1 saturated carbocycles. The first-order chi connectivity index (χ1) is 13.7. The fraction of sp³-hybridized carbons (Fsp3) is 0.870. The number of carbonyl (C=O) groups is 3. The second-order valence-electron chi connectivity index (χ2n) is 9.80. The zero-order chi connectivity index (χ0) is 21.5. The third-order valence-corrected chi connectivity index (χ3v) is 6.15. The van der Waals surface area contributed by atoms with E-state index in [2.05, 4.69) is 12.2 Å². The molecule has 1 atom stereocenters. The maximum Gasteiger partial charge on any atom is 0.309 e. The third-order valence-electron chi connectivity index (χ3n) is 6.15. The zero-order valence-electron chi connectivity index (χ0n) is 18.8. The van der Waals surface area contributed by atoms with E-state index in [0.717, 1.165) is 57.9 Å². The Hall–Kier alpha value is -1.59. The summed E-state index contributed by atoms with van der Waals surface area (Å²) in [6.45, 7) is 9.56. The van der Waals surface area contributed by atoms with E-state index in [9.17, 15) is 14.4 Å². The molecule has 1 heterocycles. The number of hydrogen-bond donors (Lipinski definition) is 1. The summed E-state index contributed by atoms with van der Waals surface area (Å²) in [5.41, 5.74) is -1.00. The standard InChI is InChI=1S/C23H40N2O4/c1-5-10-18(20(27)29-22(2,3)4)17-23(12-7-8-13-23)21(28)24-14-16-25-15-9-6-11-19(25)26/h18H,5-17H2,1-4H3,(H,24,28). The second kappa shape index (κ2) is 10.4. The summed E-state index contributed by atoms with van der Waals surface area (Å²) >= 11 is 0. The first-order valence-corrected chi connectivity index (χ1v) is 11.5. The van der Waals surface area contributed by atoms with Crippen molar-refractivity contribution in [3.8, 4) is 0 Å². The maximum atomic E-state index is 13.2. The van der Waals surface area contributed by atoms with Crippen LogP contribution in [0.25, 0.3) is 0 Å². The van der Waals surface area contributed by atoms with Crippen LogP contribution in [0.5, 0.6) is 0 Å². The third kappa shape index (κ3) is 7.00. The number of ether oxygens (including phenoxy) is 1. The predicted octanol–water partition coefficient (Wildman–Crippen LogP) is 3.82. The van der Waals surface area contributed by atoms with Crippen molar-refractivity contribution < 1.29 is 19.1 Å². The van der Waals surface area contributed by atoms with Crippen LogP contribution >= 0.6 is 0 Å². The van der Waals surface area contributed by atoms with Crippen LogP contribution in [-0.2, 0) is 19.1 Å². The van der Waals surface area contributed by atoms with Gasteiger partial charge in [0.15, 0.2) is 0 Å². The summed E-state index contributed by atoms with van der Waals surface area (Å²) in [5.74, 6) is -0.192. The van der Waals surface area contributed by atoms with E-state index in [-0.39, 0.29) is 23.7 Å². The molecule has 6 heteroatoms. The number of carbonyl (C=O) groups excluding carboxylic acids is 3. The van der Waals surface area contributed by atoms with Crippen LogP contribution in [0, 0.1) is 11.3 Å². The fourth-order valence-corrected chi connectivity index (χ4v) is 4.67. The van der Waals surface area contributed by atoms with Gasteiger partial charge in [-0.15, -0.1) is 0 Å². The number of esters is 1. The maximum absolute atomic E-state index is 13.2. The van der Waals surface area contributed by atoms with Crippen molar-refractivity contribution in [2.24, 2.45) is 11.3 Å². The molecule has 1 saturated heterocycles. The molecule has 2 amide bonds. The number of piperidine rings is 1. The van der Waals surface area contributed by atoms with Crippen molar-refractivity contribution in [2.75, 3.05) is 19.6 Å². The van der Waals surface area contributed by atoms with Gasteiger partial charge in [0.05, 0.1) is 5.92 Å². The smallest absolute Gasteiger partial charge is 0.309 e. The summed E-state index contributed by atoms with van der Waals surface area (Å²) in [5, 5.41) is 3.08. The van der Waals surface area contributed by atoms with Gasteiger partial charge in [-0.25, -0.2) is 0 Å². The van der Waals surface area contributed by atoms with E-state index in [1.54, 1.807) is 0 Å². The van der Waals surface area contributed by atoms with Crippen molar-refractivity contribution in [1.29, 1.82) is 0 Å². The molecule has 0 bridgehead atoms. The largest absolute Gasteiger partial charge is 0.460 e. The lowest BCUT2D eigenvalue weighted by molar-refractivity contribution is -0.162. The van der Waals surface area contributed by atoms with Crippen molar-refractivity contribution in [3.63, 3.8) is 0 Å². The molecule has 2 aliphatic rings. The van der Waals surface area contributed by atoms with Crippen LogP contribution in [0.2, 0.25) is 0 Å². The molecule has 6 nitrogen and oxygen atoms in total. The quantitative estimate of drug-likeness (QED) is 0.589. The molecule has 0 aromatic rings. The van der Waals surface area contributed by atoms with E-state index in [1.807, 2.05) is 25.7 Å². The average molecular weight is 409 g/mol. The average Bonchev–Trinajstić information content (AvgIpc) is 3.11. The van der Waals surface area contributed by atoms with Gasteiger partial charge in [0, 0.05) is 31.5 Å². The summed E-state index contributed by atoms with van der Waals surface area (Å²) in [7, 11) is 0. The Morgan fingerprint density at radius 3 is 2.45 bits per heavy atom. The van der Waals surface area contributed by atoms with Gasteiger partial charge >= 0.3 is 5.97 Å². The van der Waals surface area contributed by atoms with Gasteiger partial charge in [0.1, 0.15) is 5.60 Å². The molecular formula is C23H40N2O4. The molecule has 1 N–H and O–H groups in total. The molecule has 0 spiro atoms. The molecule has 2 fully saturated rings. The number of rotatable bonds is 9. The molecule has 1 aliphatic carbocycles. The highest BCUT2D eigenvalue weighted by atomic mass is 16.6. The van der Waals surface area contributed by atoms with Crippen molar-refractivity contribution in [1.82, 2.24) is 10.2 Å². The SMILES string of the molecule is CCCC(CC1(C(=O)NCCN2CCCCC2=O)CCCC1)C(=O)OC(C)(C)C. The first-order valence-electron chi connectivity index (χ1n) is 11.5. The summed E-state index contributed by atoms with van der Waals surface area (Å²) in [6, 6.07) is 0. The molecule has 1 aliphatic heterocycles. The molecule has 29 heavy (non-hydrogen) atoms. The van der Waals surface area contributed by atoms with Gasteiger partial charge in [-0.1, -0.05) is 26.2 Å². The second-order valence-corrected chi connectivity index (χ2v) is 9.80. The molecule has 2 rings (SSSR count). The van der Waals surface area contributed by atoms with E-state index in [4.69, 9.17) is 4.74 Å². The highest BCUT2D eigenvalue weighted by molar-refractivity contribution is 5.84. The van der Waals surface area contributed by atoms with Gasteiger partial charge in [-0.3, -0.25) is 14.4 Å². The normalized spacial score (nSPS) is 20.4.